The standard InChI is InChI=1S/C21H23NO11S/c1-12(2)17(23)29-11-30-19(25)22-15(18(24)32-14-7-5-4-6-8-14)10-34-21(27)28-9-16-13(3)31-20(26)33-16/h4-8,12,15H,9-11H2,1-3H3,(H,22,25)/t15-/m0/s1. The van der Waals surface area contributed by atoms with Crippen LogP contribution in [0.2, 0.25) is 0 Å². The van der Waals surface area contributed by atoms with Crippen LogP contribution in [0.1, 0.15) is 25.4 Å². The van der Waals surface area contributed by atoms with E-state index in [1.54, 1.807) is 32.0 Å². The molecule has 0 spiro atoms. The summed E-state index contributed by atoms with van der Waals surface area (Å²) in [7, 11) is 0. The number of hydrogen-bond donors (Lipinski definition) is 1. The molecule has 1 heterocycles. The second kappa shape index (κ2) is 13.1. The highest BCUT2D eigenvalue weighted by molar-refractivity contribution is 8.13. The molecule has 34 heavy (non-hydrogen) atoms. The van der Waals surface area contributed by atoms with E-state index in [-0.39, 0.29) is 29.6 Å². The SMILES string of the molecule is Cc1oc(=O)oc1COC(=O)SC[C@H](NC(=O)OCOC(=O)C(C)C)C(=O)Oc1ccccc1. The number of alkyl carbamates (subject to hydrolysis) is 1. The summed E-state index contributed by atoms with van der Waals surface area (Å²) >= 11 is 0.562. The molecule has 1 aromatic carbocycles. The van der Waals surface area contributed by atoms with E-state index in [0.29, 0.717) is 11.8 Å². The van der Waals surface area contributed by atoms with Gasteiger partial charge in [0.05, 0.1) is 5.92 Å². The summed E-state index contributed by atoms with van der Waals surface area (Å²) in [6.45, 7) is 3.66. The Morgan fingerprint density at radius 3 is 2.32 bits per heavy atom. The zero-order valence-electron chi connectivity index (χ0n) is 18.6. The number of ether oxygens (including phenoxy) is 4. The Morgan fingerprint density at radius 2 is 1.71 bits per heavy atom. The van der Waals surface area contributed by atoms with Crippen LogP contribution in [0.25, 0.3) is 0 Å². The summed E-state index contributed by atoms with van der Waals surface area (Å²) < 4.78 is 29.0. The Labute approximate surface area is 197 Å². The monoisotopic (exact) mass is 497 g/mol. The summed E-state index contributed by atoms with van der Waals surface area (Å²) in [6.07, 6.45) is -1.07. The number of esters is 2. The van der Waals surface area contributed by atoms with E-state index in [4.69, 9.17) is 23.4 Å². The van der Waals surface area contributed by atoms with E-state index in [9.17, 15) is 24.0 Å². The molecule has 0 fully saturated rings. The van der Waals surface area contributed by atoms with Crippen LogP contribution in [0.4, 0.5) is 9.59 Å². The molecular weight excluding hydrogens is 474 g/mol. The van der Waals surface area contributed by atoms with Crippen LogP contribution >= 0.6 is 11.8 Å². The van der Waals surface area contributed by atoms with Crippen LogP contribution in [0.15, 0.2) is 44.0 Å². The molecule has 0 saturated carbocycles. The van der Waals surface area contributed by atoms with Gasteiger partial charge in [-0.05, 0) is 30.8 Å². The number of amides is 1. The third-order valence-electron chi connectivity index (χ3n) is 3.93. The number of carbonyl (C=O) groups excluding carboxylic acids is 4. The molecule has 0 aliphatic carbocycles. The summed E-state index contributed by atoms with van der Waals surface area (Å²) in [5, 5.41) is 1.43. The van der Waals surface area contributed by atoms with E-state index >= 15 is 0 Å². The first-order chi connectivity index (χ1) is 16.2. The van der Waals surface area contributed by atoms with Crippen molar-refractivity contribution in [2.75, 3.05) is 12.5 Å². The molecule has 0 aliphatic heterocycles. The molecule has 1 aromatic heterocycles. The third-order valence-corrected chi connectivity index (χ3v) is 4.78. The molecular formula is C21H23NO11S. The number of benzene rings is 1. The first-order valence-electron chi connectivity index (χ1n) is 9.91. The van der Waals surface area contributed by atoms with Gasteiger partial charge in [0.2, 0.25) is 6.79 Å². The van der Waals surface area contributed by atoms with Gasteiger partial charge in [0, 0.05) is 5.75 Å². The Balaban J connectivity index is 1.92. The minimum atomic E-state index is -1.32. The predicted molar refractivity (Wildman–Crippen MR) is 116 cm³/mol. The molecule has 1 N–H and O–H groups in total. The van der Waals surface area contributed by atoms with Crippen molar-refractivity contribution in [2.24, 2.45) is 5.92 Å². The smallest absolute Gasteiger partial charge is 0.449 e. The maximum absolute atomic E-state index is 12.6. The van der Waals surface area contributed by atoms with E-state index < -0.39 is 47.9 Å². The maximum Gasteiger partial charge on any atom is 0.519 e. The van der Waals surface area contributed by atoms with Gasteiger partial charge in [-0.2, -0.15) is 0 Å². The molecule has 2 aromatic rings. The van der Waals surface area contributed by atoms with Crippen molar-refractivity contribution >= 4 is 35.1 Å². The first kappa shape index (κ1) is 26.5. The molecule has 1 atom stereocenters. The zero-order valence-corrected chi connectivity index (χ0v) is 19.4. The Bertz CT molecular complexity index is 1040. The number of thioether (sulfide) groups is 1. The molecule has 2 rings (SSSR count). The Morgan fingerprint density at radius 1 is 1.00 bits per heavy atom. The van der Waals surface area contributed by atoms with E-state index in [2.05, 4.69) is 9.73 Å². The van der Waals surface area contributed by atoms with Gasteiger partial charge in [0.15, 0.2) is 18.1 Å². The van der Waals surface area contributed by atoms with Crippen LogP contribution in [0.3, 0.4) is 0 Å². The molecule has 0 saturated heterocycles. The highest BCUT2D eigenvalue weighted by atomic mass is 32.2. The van der Waals surface area contributed by atoms with Gasteiger partial charge in [-0.15, -0.1) is 0 Å². The number of rotatable bonds is 10. The molecule has 0 bridgehead atoms. The van der Waals surface area contributed by atoms with E-state index in [1.807, 2.05) is 0 Å². The second-order valence-electron chi connectivity index (χ2n) is 6.88. The van der Waals surface area contributed by atoms with E-state index in [0.717, 1.165) is 0 Å². The number of para-hydroxylation sites is 1. The summed E-state index contributed by atoms with van der Waals surface area (Å²) in [6, 6.07) is 6.75. The lowest BCUT2D eigenvalue weighted by Gasteiger charge is -2.17. The van der Waals surface area contributed by atoms with Gasteiger partial charge in [0.25, 0.3) is 0 Å². The van der Waals surface area contributed by atoms with Crippen molar-refractivity contribution < 1.29 is 47.0 Å². The Kier molecular flexibility index (Phi) is 10.2. The lowest BCUT2D eigenvalue weighted by atomic mass is 10.2. The van der Waals surface area contributed by atoms with Gasteiger partial charge >= 0.3 is 29.2 Å². The normalized spacial score (nSPS) is 11.4. The first-order valence-corrected chi connectivity index (χ1v) is 10.9. The topological polar surface area (TPSA) is 161 Å². The van der Waals surface area contributed by atoms with Crippen LogP contribution < -0.4 is 15.9 Å². The van der Waals surface area contributed by atoms with Crippen molar-refractivity contribution in [1.82, 2.24) is 5.32 Å². The van der Waals surface area contributed by atoms with Crippen molar-refractivity contribution in [3.05, 3.63) is 52.5 Å². The van der Waals surface area contributed by atoms with Crippen molar-refractivity contribution in [3.63, 3.8) is 0 Å². The largest absolute Gasteiger partial charge is 0.519 e. The zero-order chi connectivity index (χ0) is 25.1. The van der Waals surface area contributed by atoms with Crippen LogP contribution in [-0.4, -0.2) is 41.9 Å². The van der Waals surface area contributed by atoms with Crippen molar-refractivity contribution in [3.8, 4) is 5.75 Å². The number of hydrogen-bond acceptors (Lipinski definition) is 12. The predicted octanol–water partition coefficient (Wildman–Crippen LogP) is 2.77. The fourth-order valence-electron chi connectivity index (χ4n) is 2.16. The van der Waals surface area contributed by atoms with Gasteiger partial charge in [-0.25, -0.2) is 19.2 Å². The average molecular weight is 497 g/mol. The third kappa shape index (κ3) is 9.02. The van der Waals surface area contributed by atoms with Gasteiger partial charge in [-0.3, -0.25) is 4.79 Å². The fraction of sp³-hybridized carbons (Fsp3) is 0.381. The molecule has 0 unspecified atom stereocenters. The summed E-state index contributed by atoms with van der Waals surface area (Å²) in [4.78, 5) is 59.1. The average Bonchev–Trinajstić information content (AvgIpc) is 3.12. The molecule has 0 radical (unpaired) electrons. The van der Waals surface area contributed by atoms with Gasteiger partial charge in [0.1, 0.15) is 11.8 Å². The van der Waals surface area contributed by atoms with Crippen LogP contribution in [-0.2, 0) is 30.4 Å². The quantitative estimate of drug-likeness (QED) is 0.291. The minimum Gasteiger partial charge on any atom is -0.449 e. The van der Waals surface area contributed by atoms with Crippen LogP contribution in [0, 0.1) is 12.8 Å². The molecule has 1 amide bonds. The molecule has 13 heteroatoms. The lowest BCUT2D eigenvalue weighted by molar-refractivity contribution is -0.155. The minimum absolute atomic E-state index is 0.0386. The highest BCUT2D eigenvalue weighted by Gasteiger charge is 2.26. The molecule has 0 aliphatic rings. The van der Waals surface area contributed by atoms with Crippen molar-refractivity contribution in [1.29, 1.82) is 0 Å². The van der Waals surface area contributed by atoms with Crippen LogP contribution in [0.5, 0.6) is 5.75 Å². The lowest BCUT2D eigenvalue weighted by Crippen LogP contribution is -2.45. The summed E-state index contributed by atoms with van der Waals surface area (Å²) in [5.74, 6) is -2.65. The van der Waals surface area contributed by atoms with E-state index in [1.165, 1.54) is 19.1 Å². The van der Waals surface area contributed by atoms with Gasteiger partial charge in [-0.1, -0.05) is 32.0 Å². The molecule has 184 valence electrons. The highest BCUT2D eigenvalue weighted by Crippen LogP contribution is 2.15. The summed E-state index contributed by atoms with van der Waals surface area (Å²) in [5.41, 5.74) is 0. The maximum atomic E-state index is 12.6. The number of carbonyl (C=O) groups is 4. The number of aryl methyl sites for hydroxylation is 1. The Hall–Kier alpha value is -3.74. The number of nitrogens with one attached hydrogen (secondary N) is 1. The van der Waals surface area contributed by atoms with Gasteiger partial charge < -0.3 is 33.1 Å². The fourth-order valence-corrected chi connectivity index (χ4v) is 2.82. The molecule has 12 nitrogen and oxygen atoms in total. The van der Waals surface area contributed by atoms with Crippen molar-refractivity contribution in [2.45, 2.75) is 33.4 Å². The second-order valence-corrected chi connectivity index (χ2v) is 7.84.